The van der Waals surface area contributed by atoms with Crippen molar-refractivity contribution in [2.24, 2.45) is 0 Å². The molecule has 0 aliphatic carbocycles. The van der Waals surface area contributed by atoms with Crippen LogP contribution >= 0.6 is 0 Å². The van der Waals surface area contributed by atoms with Gasteiger partial charge in [0.15, 0.2) is 0 Å². The molecule has 2 aromatic rings. The second-order valence-electron chi connectivity index (χ2n) is 5.13. The van der Waals surface area contributed by atoms with E-state index in [-0.39, 0.29) is 5.91 Å². The number of amides is 1. The van der Waals surface area contributed by atoms with Crippen molar-refractivity contribution in [2.75, 3.05) is 5.32 Å². The van der Waals surface area contributed by atoms with Gasteiger partial charge in [0.05, 0.1) is 0 Å². The summed E-state index contributed by atoms with van der Waals surface area (Å²) in [7, 11) is 0. The fraction of sp³-hybridized carbons (Fsp3) is 0.150. The molecular formula is C20H21NO. The Morgan fingerprint density at radius 3 is 2.05 bits per heavy atom. The lowest BCUT2D eigenvalue weighted by atomic mass is 10.1. The van der Waals surface area contributed by atoms with E-state index in [1.807, 2.05) is 74.5 Å². The van der Waals surface area contributed by atoms with Crippen molar-refractivity contribution in [3.63, 3.8) is 0 Å². The molecule has 1 amide bonds. The van der Waals surface area contributed by atoms with Gasteiger partial charge in [0.2, 0.25) is 0 Å². The summed E-state index contributed by atoms with van der Waals surface area (Å²) in [5.41, 5.74) is 4.93. The van der Waals surface area contributed by atoms with Gasteiger partial charge in [-0.1, -0.05) is 42.5 Å². The largest absolute Gasteiger partial charge is 0.322 e. The highest BCUT2D eigenvalue weighted by molar-refractivity contribution is 6.04. The van der Waals surface area contributed by atoms with Crippen LogP contribution in [0.15, 0.2) is 60.7 Å². The predicted octanol–water partition coefficient (Wildman–Crippen LogP) is 5.40. The Hall–Kier alpha value is -2.61. The number of hydrogen-bond donors (Lipinski definition) is 1. The fourth-order valence-corrected chi connectivity index (χ4v) is 2.12. The number of hydrogen-bond acceptors (Lipinski definition) is 1. The molecule has 0 unspecified atom stereocenters. The third-order valence-electron chi connectivity index (χ3n) is 3.56. The van der Waals surface area contributed by atoms with Gasteiger partial charge >= 0.3 is 0 Å². The molecule has 2 heteroatoms. The second kappa shape index (κ2) is 7.41. The van der Waals surface area contributed by atoms with E-state index in [0.29, 0.717) is 5.56 Å². The first-order valence-electron chi connectivity index (χ1n) is 7.41. The number of carbonyl (C=O) groups excluding carboxylic acids is 1. The Bertz CT molecular complexity index is 691. The number of carbonyl (C=O) groups is 1. The Labute approximate surface area is 132 Å². The number of benzene rings is 2. The third kappa shape index (κ3) is 3.95. The summed E-state index contributed by atoms with van der Waals surface area (Å²) in [5, 5.41) is 2.92. The van der Waals surface area contributed by atoms with Gasteiger partial charge in [-0.15, -0.1) is 0 Å². The van der Waals surface area contributed by atoms with Gasteiger partial charge in [-0.3, -0.25) is 4.79 Å². The molecular weight excluding hydrogens is 270 g/mol. The normalized spacial score (nSPS) is 11.7. The van der Waals surface area contributed by atoms with Crippen LogP contribution in [-0.2, 0) is 0 Å². The first kappa shape index (κ1) is 15.8. The van der Waals surface area contributed by atoms with Crippen LogP contribution in [0.1, 0.15) is 42.3 Å². The molecule has 0 aliphatic heterocycles. The molecule has 2 aromatic carbocycles. The zero-order valence-corrected chi connectivity index (χ0v) is 13.3. The fourth-order valence-electron chi connectivity index (χ4n) is 2.12. The molecule has 0 aliphatic rings. The average Bonchev–Trinajstić information content (AvgIpc) is 2.55. The quantitative estimate of drug-likeness (QED) is 0.803. The number of allylic oxidation sites excluding steroid dienone is 3. The van der Waals surface area contributed by atoms with Crippen LogP contribution in [0, 0.1) is 0 Å². The zero-order valence-electron chi connectivity index (χ0n) is 13.3. The van der Waals surface area contributed by atoms with Crippen molar-refractivity contribution in [2.45, 2.75) is 20.8 Å². The molecule has 0 radical (unpaired) electrons. The maximum absolute atomic E-state index is 12.2. The Balaban J connectivity index is 2.08. The van der Waals surface area contributed by atoms with Gasteiger partial charge in [-0.2, -0.15) is 0 Å². The first-order chi connectivity index (χ1) is 10.6. The SMILES string of the molecule is CC=C(C)c1ccc(NC(=O)c2ccc(/C=C/C)cc2)cc1. The molecule has 0 aromatic heterocycles. The van der Waals surface area contributed by atoms with Crippen LogP contribution in [0.3, 0.4) is 0 Å². The van der Waals surface area contributed by atoms with Crippen molar-refractivity contribution in [1.29, 1.82) is 0 Å². The van der Waals surface area contributed by atoms with Gasteiger partial charge < -0.3 is 5.32 Å². The lowest BCUT2D eigenvalue weighted by Crippen LogP contribution is -2.11. The van der Waals surface area contributed by atoms with Crippen molar-refractivity contribution in [1.82, 2.24) is 0 Å². The highest BCUT2D eigenvalue weighted by atomic mass is 16.1. The summed E-state index contributed by atoms with van der Waals surface area (Å²) in [4.78, 5) is 12.2. The van der Waals surface area contributed by atoms with Crippen LogP contribution < -0.4 is 5.32 Å². The Morgan fingerprint density at radius 2 is 1.50 bits per heavy atom. The second-order valence-corrected chi connectivity index (χ2v) is 5.13. The molecule has 0 fully saturated rings. The van der Waals surface area contributed by atoms with Gasteiger partial charge in [0, 0.05) is 11.3 Å². The monoisotopic (exact) mass is 291 g/mol. The lowest BCUT2D eigenvalue weighted by Gasteiger charge is -2.07. The molecule has 22 heavy (non-hydrogen) atoms. The summed E-state index contributed by atoms with van der Waals surface area (Å²) in [6, 6.07) is 15.4. The predicted molar refractivity (Wildman–Crippen MR) is 94.9 cm³/mol. The minimum absolute atomic E-state index is 0.0949. The Kier molecular flexibility index (Phi) is 5.31. The summed E-state index contributed by atoms with van der Waals surface area (Å²) in [6.07, 6.45) is 6.05. The van der Waals surface area contributed by atoms with Crippen LogP contribution in [0.5, 0.6) is 0 Å². The van der Waals surface area contributed by atoms with Crippen LogP contribution in [0.25, 0.3) is 11.6 Å². The van der Waals surface area contributed by atoms with E-state index in [9.17, 15) is 4.79 Å². The van der Waals surface area contributed by atoms with Crippen LogP contribution in [0.4, 0.5) is 5.69 Å². The number of anilines is 1. The van der Waals surface area contributed by atoms with Crippen molar-refractivity contribution in [3.8, 4) is 0 Å². The molecule has 2 nitrogen and oxygen atoms in total. The average molecular weight is 291 g/mol. The molecule has 112 valence electrons. The van der Waals surface area contributed by atoms with E-state index in [1.165, 1.54) is 5.57 Å². The molecule has 0 heterocycles. The molecule has 0 bridgehead atoms. The van der Waals surface area contributed by atoms with E-state index in [0.717, 1.165) is 16.8 Å². The minimum atomic E-state index is -0.0949. The number of nitrogens with one attached hydrogen (secondary N) is 1. The third-order valence-corrected chi connectivity index (χ3v) is 3.56. The first-order valence-corrected chi connectivity index (χ1v) is 7.41. The summed E-state index contributed by atoms with van der Waals surface area (Å²) >= 11 is 0. The van der Waals surface area contributed by atoms with Gasteiger partial charge in [0.1, 0.15) is 0 Å². The van der Waals surface area contributed by atoms with Crippen molar-refractivity contribution < 1.29 is 4.79 Å². The molecule has 0 saturated heterocycles. The molecule has 2 rings (SSSR count). The highest BCUT2D eigenvalue weighted by Gasteiger charge is 2.05. The van der Waals surface area contributed by atoms with E-state index < -0.39 is 0 Å². The maximum Gasteiger partial charge on any atom is 0.255 e. The maximum atomic E-state index is 12.2. The summed E-state index contributed by atoms with van der Waals surface area (Å²) in [5.74, 6) is -0.0949. The zero-order chi connectivity index (χ0) is 15.9. The van der Waals surface area contributed by atoms with Crippen LogP contribution in [-0.4, -0.2) is 5.91 Å². The number of rotatable bonds is 4. The molecule has 0 spiro atoms. The van der Waals surface area contributed by atoms with Gasteiger partial charge in [0.25, 0.3) is 5.91 Å². The summed E-state index contributed by atoms with van der Waals surface area (Å²) < 4.78 is 0. The smallest absolute Gasteiger partial charge is 0.255 e. The summed E-state index contributed by atoms with van der Waals surface area (Å²) in [6.45, 7) is 6.06. The molecule has 0 saturated carbocycles. The topological polar surface area (TPSA) is 29.1 Å². The highest BCUT2D eigenvalue weighted by Crippen LogP contribution is 2.17. The minimum Gasteiger partial charge on any atom is -0.322 e. The molecule has 0 atom stereocenters. The van der Waals surface area contributed by atoms with Crippen molar-refractivity contribution >= 4 is 23.2 Å². The van der Waals surface area contributed by atoms with E-state index in [4.69, 9.17) is 0 Å². The Morgan fingerprint density at radius 1 is 0.909 bits per heavy atom. The van der Waals surface area contributed by atoms with Gasteiger partial charge in [-0.25, -0.2) is 0 Å². The van der Waals surface area contributed by atoms with E-state index in [1.54, 1.807) is 0 Å². The van der Waals surface area contributed by atoms with E-state index >= 15 is 0 Å². The molecule has 1 N–H and O–H groups in total. The van der Waals surface area contributed by atoms with Crippen LogP contribution in [0.2, 0.25) is 0 Å². The standard InChI is InChI=1S/C20H21NO/c1-4-6-16-7-9-18(10-8-16)20(22)21-19-13-11-17(12-14-19)15(3)5-2/h4-14H,1-3H3,(H,21,22)/b6-4+,15-5?. The van der Waals surface area contributed by atoms with Crippen molar-refractivity contribution in [3.05, 3.63) is 77.4 Å². The van der Waals surface area contributed by atoms with E-state index in [2.05, 4.69) is 18.3 Å². The van der Waals surface area contributed by atoms with Gasteiger partial charge in [-0.05, 0) is 61.7 Å². The lowest BCUT2D eigenvalue weighted by molar-refractivity contribution is 0.102.